The minimum Gasteiger partial charge on any atom is -0.369 e. The van der Waals surface area contributed by atoms with Crippen LogP contribution in [0.5, 0.6) is 0 Å². The Morgan fingerprint density at radius 2 is 2.00 bits per heavy atom. The molecule has 1 aromatic carbocycles. The molecule has 0 bridgehead atoms. The summed E-state index contributed by atoms with van der Waals surface area (Å²) in [6, 6.07) is 2.23. The molecule has 4 nitrogen and oxygen atoms in total. The summed E-state index contributed by atoms with van der Waals surface area (Å²) in [5.41, 5.74) is 7.53. The second-order valence-corrected chi connectivity index (χ2v) is 3.38. The summed E-state index contributed by atoms with van der Waals surface area (Å²) in [5, 5.41) is 10.7. The summed E-state index contributed by atoms with van der Waals surface area (Å²) in [6.07, 6.45) is 1.26. The zero-order valence-electron chi connectivity index (χ0n) is 7.39. The van der Waals surface area contributed by atoms with Crippen LogP contribution in [0.25, 0.3) is 0 Å². The van der Waals surface area contributed by atoms with Crippen LogP contribution in [0, 0.1) is 11.2 Å². The first kappa shape index (κ1) is 11.7. The number of nitrogens with one attached hydrogen (secondary N) is 2. The third-order valence-corrected chi connectivity index (χ3v) is 2.05. The van der Waals surface area contributed by atoms with Gasteiger partial charge in [0.1, 0.15) is 5.82 Å². The molecule has 0 heterocycles. The normalized spacial score (nSPS) is 10.6. The number of hydrogen-bond acceptors (Lipinski definition) is 2. The molecule has 1 rings (SSSR count). The lowest BCUT2D eigenvalue weighted by molar-refractivity contribution is 0.628. The van der Waals surface area contributed by atoms with Crippen molar-refractivity contribution < 1.29 is 4.39 Å². The number of hydrogen-bond donors (Lipinski definition) is 3. The van der Waals surface area contributed by atoms with Gasteiger partial charge in [0.25, 0.3) is 0 Å². The first-order valence-electron chi connectivity index (χ1n) is 3.78. The summed E-state index contributed by atoms with van der Waals surface area (Å²) in [7, 11) is 0. The molecular formula is C8H7Cl2FN4. The summed E-state index contributed by atoms with van der Waals surface area (Å²) in [6.45, 7) is 0. The Bertz CT molecular complexity index is 396. The SMILES string of the molecule is N=C(N)NN=Cc1c(Cl)cc(F)cc1Cl. The topological polar surface area (TPSA) is 74.3 Å². The molecule has 0 atom stereocenters. The molecule has 0 unspecified atom stereocenters. The summed E-state index contributed by atoms with van der Waals surface area (Å²) in [4.78, 5) is 0. The fraction of sp³-hybridized carbons (Fsp3) is 0. The van der Waals surface area contributed by atoms with Crippen molar-refractivity contribution in [1.29, 1.82) is 5.41 Å². The molecule has 0 aliphatic heterocycles. The molecule has 0 aliphatic carbocycles. The molecule has 0 aromatic heterocycles. The van der Waals surface area contributed by atoms with Crippen LogP contribution in [0.1, 0.15) is 5.56 Å². The number of nitrogens with zero attached hydrogens (tertiary/aromatic N) is 1. The maximum Gasteiger partial charge on any atom is 0.206 e. The maximum absolute atomic E-state index is 12.8. The van der Waals surface area contributed by atoms with E-state index < -0.39 is 5.82 Å². The van der Waals surface area contributed by atoms with E-state index in [1.54, 1.807) is 0 Å². The largest absolute Gasteiger partial charge is 0.369 e. The van der Waals surface area contributed by atoms with E-state index in [1.165, 1.54) is 6.21 Å². The van der Waals surface area contributed by atoms with Crippen molar-refractivity contribution in [2.24, 2.45) is 10.8 Å². The van der Waals surface area contributed by atoms with Gasteiger partial charge in [-0.15, -0.1) is 0 Å². The van der Waals surface area contributed by atoms with Gasteiger partial charge < -0.3 is 5.73 Å². The lowest BCUT2D eigenvalue weighted by atomic mass is 10.2. The van der Waals surface area contributed by atoms with E-state index in [0.29, 0.717) is 5.56 Å². The molecule has 0 spiro atoms. The molecule has 0 amide bonds. The smallest absolute Gasteiger partial charge is 0.206 e. The molecule has 0 radical (unpaired) electrons. The monoisotopic (exact) mass is 248 g/mol. The second-order valence-electron chi connectivity index (χ2n) is 2.57. The Morgan fingerprint density at radius 3 is 2.47 bits per heavy atom. The third-order valence-electron chi connectivity index (χ3n) is 1.42. The van der Waals surface area contributed by atoms with Crippen LogP contribution < -0.4 is 11.2 Å². The van der Waals surface area contributed by atoms with E-state index in [4.69, 9.17) is 34.3 Å². The van der Waals surface area contributed by atoms with Gasteiger partial charge >= 0.3 is 0 Å². The van der Waals surface area contributed by atoms with E-state index in [2.05, 4.69) is 10.5 Å². The second kappa shape index (κ2) is 4.95. The fourth-order valence-corrected chi connectivity index (χ4v) is 1.40. The quantitative estimate of drug-likeness (QED) is 0.425. The molecule has 15 heavy (non-hydrogen) atoms. The van der Waals surface area contributed by atoms with Crippen molar-refractivity contribution in [3.05, 3.63) is 33.6 Å². The zero-order valence-corrected chi connectivity index (χ0v) is 8.90. The van der Waals surface area contributed by atoms with E-state index in [-0.39, 0.29) is 16.0 Å². The number of rotatable bonds is 2. The molecule has 80 valence electrons. The van der Waals surface area contributed by atoms with Crippen LogP contribution in [-0.4, -0.2) is 12.2 Å². The number of guanidine groups is 1. The highest BCUT2D eigenvalue weighted by Gasteiger charge is 2.05. The van der Waals surface area contributed by atoms with Crippen molar-refractivity contribution in [3.63, 3.8) is 0 Å². The van der Waals surface area contributed by atoms with E-state index in [0.717, 1.165) is 12.1 Å². The molecule has 7 heteroatoms. The number of hydrazone groups is 1. The fourth-order valence-electron chi connectivity index (χ4n) is 0.843. The van der Waals surface area contributed by atoms with Crippen molar-refractivity contribution >= 4 is 35.4 Å². The van der Waals surface area contributed by atoms with Gasteiger partial charge in [0.2, 0.25) is 5.96 Å². The van der Waals surface area contributed by atoms with Crippen molar-refractivity contribution in [3.8, 4) is 0 Å². The van der Waals surface area contributed by atoms with Gasteiger partial charge in [-0.25, -0.2) is 9.82 Å². The third kappa shape index (κ3) is 3.38. The maximum atomic E-state index is 12.8. The van der Waals surface area contributed by atoms with Crippen LogP contribution in [0.3, 0.4) is 0 Å². The predicted octanol–water partition coefficient (Wildman–Crippen LogP) is 1.95. The molecule has 0 saturated heterocycles. The van der Waals surface area contributed by atoms with Gasteiger partial charge in [0.05, 0.1) is 16.3 Å². The minimum atomic E-state index is -0.526. The Labute approximate surface area is 95.4 Å². The molecular weight excluding hydrogens is 242 g/mol. The Balaban J connectivity index is 2.94. The Kier molecular flexibility index (Phi) is 3.88. The lowest BCUT2D eigenvalue weighted by Gasteiger charge is -2.01. The first-order valence-corrected chi connectivity index (χ1v) is 4.54. The van der Waals surface area contributed by atoms with Crippen molar-refractivity contribution in [2.75, 3.05) is 0 Å². The van der Waals surface area contributed by atoms with Crippen LogP contribution in [-0.2, 0) is 0 Å². The number of benzene rings is 1. The van der Waals surface area contributed by atoms with Crippen LogP contribution in [0.15, 0.2) is 17.2 Å². The van der Waals surface area contributed by atoms with Crippen LogP contribution in [0.4, 0.5) is 4.39 Å². The predicted molar refractivity (Wildman–Crippen MR) is 59.1 cm³/mol. The van der Waals surface area contributed by atoms with Gasteiger partial charge in [0.15, 0.2) is 0 Å². The van der Waals surface area contributed by atoms with Gasteiger partial charge in [0, 0.05) is 5.56 Å². The molecule has 4 N–H and O–H groups in total. The highest BCUT2D eigenvalue weighted by atomic mass is 35.5. The standard InChI is InChI=1S/C8H7Cl2FN4/c9-6-1-4(11)2-7(10)5(6)3-14-15-8(12)13/h1-3H,(H4,12,13,15). The molecule has 0 saturated carbocycles. The van der Waals surface area contributed by atoms with E-state index >= 15 is 0 Å². The van der Waals surface area contributed by atoms with Gasteiger partial charge in [-0.05, 0) is 12.1 Å². The van der Waals surface area contributed by atoms with Crippen LogP contribution in [0.2, 0.25) is 10.0 Å². The molecule has 1 aromatic rings. The Morgan fingerprint density at radius 1 is 1.47 bits per heavy atom. The van der Waals surface area contributed by atoms with Gasteiger partial charge in [-0.1, -0.05) is 23.2 Å². The average molecular weight is 249 g/mol. The zero-order chi connectivity index (χ0) is 11.4. The van der Waals surface area contributed by atoms with E-state index in [9.17, 15) is 4.39 Å². The average Bonchev–Trinajstić information content (AvgIpc) is 2.08. The number of halogens is 3. The van der Waals surface area contributed by atoms with Crippen molar-refractivity contribution in [2.45, 2.75) is 0 Å². The van der Waals surface area contributed by atoms with Gasteiger partial charge in [-0.3, -0.25) is 5.41 Å². The summed E-state index contributed by atoms with van der Waals surface area (Å²) >= 11 is 11.4. The highest BCUT2D eigenvalue weighted by Crippen LogP contribution is 2.24. The highest BCUT2D eigenvalue weighted by molar-refractivity contribution is 6.38. The number of nitrogens with two attached hydrogens (primary N) is 1. The summed E-state index contributed by atoms with van der Waals surface area (Å²) in [5.74, 6) is -0.845. The first-order chi connectivity index (χ1) is 7.00. The Hall–Kier alpha value is -1.33. The van der Waals surface area contributed by atoms with E-state index in [1.807, 2.05) is 0 Å². The van der Waals surface area contributed by atoms with Gasteiger partial charge in [-0.2, -0.15) is 5.10 Å². The van der Waals surface area contributed by atoms with Crippen molar-refractivity contribution in [1.82, 2.24) is 5.43 Å². The minimum absolute atomic E-state index is 0.133. The molecule has 0 fully saturated rings. The summed E-state index contributed by atoms with van der Waals surface area (Å²) < 4.78 is 12.8. The lowest BCUT2D eigenvalue weighted by Crippen LogP contribution is -2.25. The molecule has 0 aliphatic rings. The van der Waals surface area contributed by atoms with Crippen LogP contribution >= 0.6 is 23.2 Å².